The molecule has 1 heterocycles. The Morgan fingerprint density at radius 3 is 2.72 bits per heavy atom. The van der Waals surface area contributed by atoms with E-state index in [9.17, 15) is 9.90 Å². The minimum absolute atomic E-state index is 0.194. The van der Waals surface area contributed by atoms with Crippen LogP contribution >= 0.6 is 11.3 Å². The van der Waals surface area contributed by atoms with Gasteiger partial charge in [0, 0.05) is 6.54 Å². The molecule has 0 spiro atoms. The standard InChI is InChI=1S/C12H19N3O2S/c1-8-9(18-11(13)15-8)10(16)14-7-12(17)5-3-2-4-6-12/h17H,2-7H2,1H3,(H2,13,15)(H,14,16). The lowest BCUT2D eigenvalue weighted by Gasteiger charge is -2.32. The Bertz CT molecular complexity index is 439. The van der Waals surface area contributed by atoms with Crippen LogP contribution in [-0.4, -0.2) is 28.1 Å². The molecule has 5 nitrogen and oxygen atoms in total. The number of rotatable bonds is 3. The van der Waals surface area contributed by atoms with Crippen molar-refractivity contribution < 1.29 is 9.90 Å². The summed E-state index contributed by atoms with van der Waals surface area (Å²) in [5, 5.41) is 13.5. The van der Waals surface area contributed by atoms with Crippen LogP contribution in [0.25, 0.3) is 0 Å². The van der Waals surface area contributed by atoms with Crippen molar-refractivity contribution in [1.29, 1.82) is 0 Å². The first kappa shape index (κ1) is 13.3. The third kappa shape index (κ3) is 3.00. The van der Waals surface area contributed by atoms with E-state index in [0.29, 0.717) is 22.2 Å². The Morgan fingerprint density at radius 1 is 1.50 bits per heavy atom. The molecule has 1 aliphatic carbocycles. The summed E-state index contributed by atoms with van der Waals surface area (Å²) in [7, 11) is 0. The van der Waals surface area contributed by atoms with Crippen LogP contribution < -0.4 is 11.1 Å². The molecule has 0 atom stereocenters. The summed E-state index contributed by atoms with van der Waals surface area (Å²) >= 11 is 1.18. The maximum absolute atomic E-state index is 12.0. The predicted octanol–water partition coefficient (Wildman–Crippen LogP) is 1.46. The molecule has 18 heavy (non-hydrogen) atoms. The number of amides is 1. The number of thiazole rings is 1. The molecule has 0 unspecified atom stereocenters. The van der Waals surface area contributed by atoms with Crippen LogP contribution in [0.3, 0.4) is 0 Å². The molecule has 6 heteroatoms. The number of nitrogens with zero attached hydrogens (tertiary/aromatic N) is 1. The number of aromatic nitrogens is 1. The van der Waals surface area contributed by atoms with Gasteiger partial charge in [0.15, 0.2) is 5.13 Å². The van der Waals surface area contributed by atoms with Gasteiger partial charge in [-0.15, -0.1) is 0 Å². The summed E-state index contributed by atoms with van der Waals surface area (Å²) in [6.07, 6.45) is 4.74. The lowest BCUT2D eigenvalue weighted by molar-refractivity contribution is 0.00528. The van der Waals surface area contributed by atoms with E-state index in [-0.39, 0.29) is 5.91 Å². The second-order valence-corrected chi connectivity index (χ2v) is 5.96. The monoisotopic (exact) mass is 269 g/mol. The zero-order chi connectivity index (χ0) is 13.2. The second-order valence-electron chi connectivity index (χ2n) is 4.93. The van der Waals surface area contributed by atoms with Gasteiger partial charge >= 0.3 is 0 Å². The van der Waals surface area contributed by atoms with Gasteiger partial charge < -0.3 is 16.2 Å². The van der Waals surface area contributed by atoms with E-state index >= 15 is 0 Å². The molecule has 1 saturated carbocycles. The fraction of sp³-hybridized carbons (Fsp3) is 0.667. The molecule has 0 aromatic carbocycles. The van der Waals surface area contributed by atoms with Crippen LogP contribution in [0.4, 0.5) is 5.13 Å². The summed E-state index contributed by atoms with van der Waals surface area (Å²) in [6.45, 7) is 2.07. The van der Waals surface area contributed by atoms with E-state index in [1.165, 1.54) is 17.8 Å². The predicted molar refractivity (Wildman–Crippen MR) is 71.6 cm³/mol. The van der Waals surface area contributed by atoms with Crippen molar-refractivity contribution in [2.24, 2.45) is 0 Å². The van der Waals surface area contributed by atoms with Crippen molar-refractivity contribution in [3.8, 4) is 0 Å². The maximum Gasteiger partial charge on any atom is 0.263 e. The third-order valence-corrected chi connectivity index (χ3v) is 4.37. The van der Waals surface area contributed by atoms with E-state index in [1.807, 2.05) is 0 Å². The first-order chi connectivity index (χ1) is 8.50. The lowest BCUT2D eigenvalue weighted by atomic mass is 9.85. The van der Waals surface area contributed by atoms with Gasteiger partial charge in [0.05, 0.1) is 11.3 Å². The first-order valence-corrected chi connectivity index (χ1v) is 7.05. The van der Waals surface area contributed by atoms with Gasteiger partial charge in [-0.05, 0) is 19.8 Å². The fourth-order valence-corrected chi connectivity index (χ4v) is 3.09. The van der Waals surface area contributed by atoms with Gasteiger partial charge in [0.25, 0.3) is 5.91 Å². The van der Waals surface area contributed by atoms with Crippen molar-refractivity contribution in [1.82, 2.24) is 10.3 Å². The van der Waals surface area contributed by atoms with Crippen LogP contribution in [0, 0.1) is 6.92 Å². The highest BCUT2D eigenvalue weighted by Crippen LogP contribution is 2.27. The summed E-state index contributed by atoms with van der Waals surface area (Å²) < 4.78 is 0. The summed E-state index contributed by atoms with van der Waals surface area (Å²) in [4.78, 5) is 16.5. The average Bonchev–Trinajstić information content (AvgIpc) is 2.67. The third-order valence-electron chi connectivity index (χ3n) is 3.38. The highest BCUT2D eigenvalue weighted by molar-refractivity contribution is 7.17. The zero-order valence-corrected chi connectivity index (χ0v) is 11.3. The van der Waals surface area contributed by atoms with Crippen molar-refractivity contribution in [3.05, 3.63) is 10.6 Å². The number of nitrogen functional groups attached to an aromatic ring is 1. The van der Waals surface area contributed by atoms with Crippen LogP contribution in [-0.2, 0) is 0 Å². The normalized spacial score (nSPS) is 18.6. The van der Waals surface area contributed by atoms with Crippen molar-refractivity contribution in [3.63, 3.8) is 0 Å². The van der Waals surface area contributed by atoms with Gasteiger partial charge in [-0.3, -0.25) is 4.79 Å². The first-order valence-electron chi connectivity index (χ1n) is 6.24. The number of nitrogens with one attached hydrogen (secondary N) is 1. The molecule has 0 aliphatic heterocycles. The number of aliphatic hydroxyl groups is 1. The maximum atomic E-state index is 12.0. The number of carbonyl (C=O) groups is 1. The highest BCUT2D eigenvalue weighted by atomic mass is 32.1. The number of aryl methyl sites for hydroxylation is 1. The number of anilines is 1. The Labute approximate surface area is 110 Å². The van der Waals surface area contributed by atoms with E-state index < -0.39 is 5.60 Å². The zero-order valence-electron chi connectivity index (χ0n) is 10.5. The molecule has 1 aromatic heterocycles. The van der Waals surface area contributed by atoms with Crippen LogP contribution in [0.5, 0.6) is 0 Å². The minimum atomic E-state index is -0.738. The molecule has 4 N–H and O–H groups in total. The van der Waals surface area contributed by atoms with Gasteiger partial charge in [-0.2, -0.15) is 0 Å². The number of hydrogen-bond donors (Lipinski definition) is 3. The Kier molecular flexibility index (Phi) is 3.87. The molecule has 100 valence electrons. The molecule has 2 rings (SSSR count). The quantitative estimate of drug-likeness (QED) is 0.775. The molecule has 0 saturated heterocycles. The van der Waals surface area contributed by atoms with Crippen molar-refractivity contribution in [2.45, 2.75) is 44.6 Å². The van der Waals surface area contributed by atoms with Crippen LogP contribution in [0.2, 0.25) is 0 Å². The molecule has 1 aromatic rings. The Morgan fingerprint density at radius 2 is 2.17 bits per heavy atom. The van der Waals surface area contributed by atoms with E-state index in [1.54, 1.807) is 6.92 Å². The topological polar surface area (TPSA) is 88.2 Å². The van der Waals surface area contributed by atoms with Crippen LogP contribution in [0.1, 0.15) is 47.5 Å². The highest BCUT2D eigenvalue weighted by Gasteiger charge is 2.30. The Hall–Kier alpha value is -1.14. The smallest absolute Gasteiger partial charge is 0.263 e. The molecule has 1 fully saturated rings. The molecule has 0 radical (unpaired) electrons. The fourth-order valence-electron chi connectivity index (χ4n) is 2.34. The molecular formula is C12H19N3O2S. The number of hydrogen-bond acceptors (Lipinski definition) is 5. The molecule has 0 bridgehead atoms. The summed E-state index contributed by atoms with van der Waals surface area (Å²) in [5.74, 6) is -0.194. The second kappa shape index (κ2) is 5.24. The molecular weight excluding hydrogens is 250 g/mol. The van der Waals surface area contributed by atoms with Crippen molar-refractivity contribution >= 4 is 22.4 Å². The van der Waals surface area contributed by atoms with Gasteiger partial charge in [0.2, 0.25) is 0 Å². The van der Waals surface area contributed by atoms with Crippen LogP contribution in [0.15, 0.2) is 0 Å². The van der Waals surface area contributed by atoms with E-state index in [4.69, 9.17) is 5.73 Å². The minimum Gasteiger partial charge on any atom is -0.388 e. The summed E-state index contributed by atoms with van der Waals surface area (Å²) in [6, 6.07) is 0. The molecule has 1 amide bonds. The largest absolute Gasteiger partial charge is 0.388 e. The van der Waals surface area contributed by atoms with Gasteiger partial charge in [0.1, 0.15) is 4.88 Å². The van der Waals surface area contributed by atoms with Crippen molar-refractivity contribution in [2.75, 3.05) is 12.3 Å². The number of nitrogens with two attached hydrogens (primary N) is 1. The average molecular weight is 269 g/mol. The number of carbonyl (C=O) groups excluding carboxylic acids is 1. The summed E-state index contributed by atoms with van der Waals surface area (Å²) in [5.41, 5.74) is 5.47. The van der Waals surface area contributed by atoms with Gasteiger partial charge in [-0.25, -0.2) is 4.98 Å². The lowest BCUT2D eigenvalue weighted by Crippen LogP contribution is -2.44. The Balaban J connectivity index is 1.94. The van der Waals surface area contributed by atoms with Gasteiger partial charge in [-0.1, -0.05) is 30.6 Å². The molecule has 1 aliphatic rings. The van der Waals surface area contributed by atoms with E-state index in [2.05, 4.69) is 10.3 Å². The SMILES string of the molecule is Cc1nc(N)sc1C(=O)NCC1(O)CCCCC1. The van der Waals surface area contributed by atoms with E-state index in [0.717, 1.165) is 25.7 Å².